The number of halogens is 1. The quantitative estimate of drug-likeness (QED) is 0.785. The fourth-order valence-corrected chi connectivity index (χ4v) is 2.41. The lowest BCUT2D eigenvalue weighted by atomic mass is 9.91. The fourth-order valence-electron chi connectivity index (χ4n) is 2.25. The van der Waals surface area contributed by atoms with Gasteiger partial charge in [-0.25, -0.2) is 0 Å². The molecule has 0 bridgehead atoms. The minimum atomic E-state index is -0.871. The number of rotatable bonds is 3. The second-order valence-corrected chi connectivity index (χ2v) is 5.81. The molecule has 0 atom stereocenters. The summed E-state index contributed by atoms with van der Waals surface area (Å²) in [6.07, 6.45) is 1.24. The van der Waals surface area contributed by atoms with E-state index in [0.717, 1.165) is 13.1 Å². The van der Waals surface area contributed by atoms with E-state index in [1.165, 1.54) is 12.1 Å². The molecule has 1 aliphatic heterocycles. The van der Waals surface area contributed by atoms with Crippen LogP contribution < -0.4 is 5.32 Å². The van der Waals surface area contributed by atoms with E-state index in [1.807, 2.05) is 7.05 Å². The van der Waals surface area contributed by atoms with Gasteiger partial charge in [0.25, 0.3) is 5.91 Å². The number of aliphatic hydroxyl groups is 1. The van der Waals surface area contributed by atoms with Gasteiger partial charge < -0.3 is 20.4 Å². The minimum absolute atomic E-state index is 0.158. The Labute approximate surface area is 123 Å². The summed E-state index contributed by atoms with van der Waals surface area (Å²) in [5.74, 6) is -0.572. The molecule has 2 rings (SSSR count). The van der Waals surface area contributed by atoms with Crippen molar-refractivity contribution in [1.82, 2.24) is 10.2 Å². The summed E-state index contributed by atoms with van der Waals surface area (Å²) in [7, 11) is 2.00. The van der Waals surface area contributed by atoms with Gasteiger partial charge in [-0.2, -0.15) is 0 Å². The van der Waals surface area contributed by atoms with Gasteiger partial charge in [0, 0.05) is 24.7 Å². The lowest BCUT2D eigenvalue weighted by Gasteiger charge is -2.36. The molecule has 1 amide bonds. The van der Waals surface area contributed by atoms with Crippen molar-refractivity contribution in [1.29, 1.82) is 0 Å². The molecular weight excluding hydrogens is 280 g/mol. The van der Waals surface area contributed by atoms with Gasteiger partial charge in [0.05, 0.1) is 11.2 Å². The normalized spacial score (nSPS) is 18.8. The molecule has 1 aliphatic rings. The molecule has 20 heavy (non-hydrogen) atoms. The number of likely N-dealkylation sites (tertiary alicyclic amines) is 1. The Balaban J connectivity index is 1.95. The highest BCUT2D eigenvalue weighted by molar-refractivity contribution is 6.30. The van der Waals surface area contributed by atoms with Crippen LogP contribution >= 0.6 is 11.6 Å². The average Bonchev–Trinajstić information content (AvgIpc) is 2.40. The molecule has 1 saturated heterocycles. The van der Waals surface area contributed by atoms with Gasteiger partial charge in [-0.05, 0) is 38.1 Å². The number of hydrogen-bond donors (Lipinski definition) is 3. The number of carbonyl (C=O) groups is 1. The number of phenolic OH excluding ortho intramolecular Hbond substituents is 1. The fraction of sp³-hybridized carbons (Fsp3) is 0.500. The van der Waals surface area contributed by atoms with Crippen molar-refractivity contribution in [2.75, 3.05) is 26.7 Å². The van der Waals surface area contributed by atoms with E-state index in [9.17, 15) is 15.0 Å². The van der Waals surface area contributed by atoms with E-state index < -0.39 is 11.5 Å². The molecule has 1 fully saturated rings. The first-order chi connectivity index (χ1) is 9.39. The number of nitrogens with zero attached hydrogens (tertiary/aromatic N) is 1. The van der Waals surface area contributed by atoms with Crippen molar-refractivity contribution in [2.24, 2.45) is 0 Å². The van der Waals surface area contributed by atoms with Gasteiger partial charge in [0.15, 0.2) is 0 Å². The molecule has 3 N–H and O–H groups in total. The van der Waals surface area contributed by atoms with Crippen LogP contribution in [-0.2, 0) is 0 Å². The number of aromatic hydroxyl groups is 1. The number of phenols is 1. The van der Waals surface area contributed by atoms with Crippen LogP contribution in [0.4, 0.5) is 0 Å². The van der Waals surface area contributed by atoms with Crippen LogP contribution in [0.1, 0.15) is 23.2 Å². The van der Waals surface area contributed by atoms with E-state index in [2.05, 4.69) is 10.2 Å². The topological polar surface area (TPSA) is 72.8 Å². The number of hydrogen-bond acceptors (Lipinski definition) is 4. The van der Waals surface area contributed by atoms with Crippen molar-refractivity contribution < 1.29 is 15.0 Å². The molecule has 0 aromatic heterocycles. The maximum absolute atomic E-state index is 12.0. The standard InChI is InChI=1S/C14H19ClN2O3/c1-17-6-4-14(20,5-7-17)9-16-13(19)11-3-2-10(15)8-12(11)18/h2-3,8,18,20H,4-7,9H2,1H3,(H,16,19). The lowest BCUT2D eigenvalue weighted by molar-refractivity contribution is -0.0135. The number of amides is 1. The smallest absolute Gasteiger partial charge is 0.255 e. The number of nitrogens with one attached hydrogen (secondary N) is 1. The van der Waals surface area contributed by atoms with Crippen LogP contribution in [0.3, 0.4) is 0 Å². The predicted molar refractivity (Wildman–Crippen MR) is 77.1 cm³/mol. The number of benzene rings is 1. The molecule has 1 heterocycles. The molecule has 0 spiro atoms. The van der Waals surface area contributed by atoms with Crippen LogP contribution in [0.2, 0.25) is 5.02 Å². The molecule has 1 aromatic rings. The Hall–Kier alpha value is -1.30. The first kappa shape index (κ1) is 15.1. The zero-order valence-corrected chi connectivity index (χ0v) is 12.2. The first-order valence-electron chi connectivity index (χ1n) is 6.57. The Bertz CT molecular complexity index is 499. The summed E-state index contributed by atoms with van der Waals surface area (Å²) < 4.78 is 0. The van der Waals surface area contributed by atoms with Crippen molar-refractivity contribution in [3.05, 3.63) is 28.8 Å². The molecule has 0 aliphatic carbocycles. The van der Waals surface area contributed by atoms with E-state index >= 15 is 0 Å². The highest BCUT2D eigenvalue weighted by Gasteiger charge is 2.31. The van der Waals surface area contributed by atoms with Gasteiger partial charge in [-0.3, -0.25) is 4.79 Å². The molecule has 0 saturated carbocycles. The van der Waals surface area contributed by atoms with Crippen LogP contribution in [-0.4, -0.2) is 53.3 Å². The van der Waals surface area contributed by atoms with Gasteiger partial charge in [-0.15, -0.1) is 0 Å². The zero-order chi connectivity index (χ0) is 14.8. The Morgan fingerprint density at radius 1 is 1.45 bits per heavy atom. The Kier molecular flexibility index (Phi) is 4.52. The molecule has 1 aromatic carbocycles. The van der Waals surface area contributed by atoms with Gasteiger partial charge in [0.1, 0.15) is 5.75 Å². The highest BCUT2D eigenvalue weighted by atomic mass is 35.5. The monoisotopic (exact) mass is 298 g/mol. The molecule has 6 heteroatoms. The van der Waals surface area contributed by atoms with Crippen molar-refractivity contribution >= 4 is 17.5 Å². The largest absolute Gasteiger partial charge is 0.507 e. The summed E-state index contributed by atoms with van der Waals surface area (Å²) >= 11 is 5.72. The maximum atomic E-state index is 12.0. The van der Waals surface area contributed by atoms with E-state index in [0.29, 0.717) is 17.9 Å². The van der Waals surface area contributed by atoms with Crippen molar-refractivity contribution in [3.63, 3.8) is 0 Å². The maximum Gasteiger partial charge on any atom is 0.255 e. The lowest BCUT2D eigenvalue weighted by Crippen LogP contribution is -2.50. The highest BCUT2D eigenvalue weighted by Crippen LogP contribution is 2.23. The molecule has 110 valence electrons. The predicted octanol–water partition coefficient (Wildman–Crippen LogP) is 1.23. The zero-order valence-electron chi connectivity index (χ0n) is 11.4. The van der Waals surface area contributed by atoms with E-state index in [4.69, 9.17) is 11.6 Å². The van der Waals surface area contributed by atoms with E-state index in [-0.39, 0.29) is 17.9 Å². The summed E-state index contributed by atoms with van der Waals surface area (Å²) in [4.78, 5) is 14.1. The third-order valence-corrected chi connectivity index (χ3v) is 3.94. The Morgan fingerprint density at radius 3 is 2.70 bits per heavy atom. The minimum Gasteiger partial charge on any atom is -0.507 e. The van der Waals surface area contributed by atoms with Crippen LogP contribution in [0.5, 0.6) is 5.75 Å². The van der Waals surface area contributed by atoms with Gasteiger partial charge >= 0.3 is 0 Å². The van der Waals surface area contributed by atoms with Gasteiger partial charge in [-0.1, -0.05) is 11.6 Å². The second-order valence-electron chi connectivity index (χ2n) is 5.37. The van der Waals surface area contributed by atoms with Gasteiger partial charge in [0.2, 0.25) is 0 Å². The molecular formula is C14H19ClN2O3. The van der Waals surface area contributed by atoms with E-state index in [1.54, 1.807) is 6.07 Å². The number of piperidine rings is 1. The average molecular weight is 299 g/mol. The SMILES string of the molecule is CN1CCC(O)(CNC(=O)c2ccc(Cl)cc2O)CC1. The summed E-state index contributed by atoms with van der Waals surface area (Å²) in [6, 6.07) is 4.33. The molecule has 5 nitrogen and oxygen atoms in total. The summed E-state index contributed by atoms with van der Waals surface area (Å²) in [5.41, 5.74) is -0.713. The van der Waals surface area contributed by atoms with Crippen molar-refractivity contribution in [3.8, 4) is 5.75 Å². The third-order valence-electron chi connectivity index (χ3n) is 3.70. The second kappa shape index (κ2) is 5.99. The van der Waals surface area contributed by atoms with Crippen LogP contribution in [0, 0.1) is 0 Å². The van der Waals surface area contributed by atoms with Crippen molar-refractivity contribution in [2.45, 2.75) is 18.4 Å². The number of carbonyl (C=O) groups excluding carboxylic acids is 1. The molecule has 0 radical (unpaired) electrons. The first-order valence-corrected chi connectivity index (χ1v) is 6.95. The summed E-state index contributed by atoms with van der Waals surface area (Å²) in [6.45, 7) is 1.79. The van der Waals surface area contributed by atoms with Crippen LogP contribution in [0.25, 0.3) is 0 Å². The molecule has 0 unspecified atom stereocenters. The van der Waals surface area contributed by atoms with Crippen LogP contribution in [0.15, 0.2) is 18.2 Å². The summed E-state index contributed by atoms with van der Waals surface area (Å²) in [5, 5.41) is 23.1. The Morgan fingerprint density at radius 2 is 2.10 bits per heavy atom. The third kappa shape index (κ3) is 3.62.